The van der Waals surface area contributed by atoms with Gasteiger partial charge < -0.3 is 9.64 Å². The average Bonchev–Trinajstić information content (AvgIpc) is 3.23. The number of hydrogen-bond acceptors (Lipinski definition) is 3. The number of hydrogen-bond donors (Lipinski definition) is 0. The smallest absolute Gasteiger partial charge is 0.257 e. The van der Waals surface area contributed by atoms with E-state index >= 15 is 0 Å². The molecule has 0 N–H and O–H groups in total. The summed E-state index contributed by atoms with van der Waals surface area (Å²) in [7, 11) is 0. The zero-order valence-corrected chi connectivity index (χ0v) is 15.0. The molecule has 1 spiro atoms. The number of aryl methyl sites for hydroxylation is 1. The first-order chi connectivity index (χ1) is 12.1. The maximum absolute atomic E-state index is 13.2. The van der Waals surface area contributed by atoms with Crippen molar-refractivity contribution in [3.05, 3.63) is 47.3 Å². The van der Waals surface area contributed by atoms with E-state index in [1.54, 1.807) is 6.20 Å². The van der Waals surface area contributed by atoms with E-state index in [2.05, 4.69) is 43.2 Å². The molecule has 5 heteroatoms. The lowest BCUT2D eigenvalue weighted by atomic mass is 9.83. The van der Waals surface area contributed by atoms with Gasteiger partial charge in [0, 0.05) is 13.2 Å². The highest BCUT2D eigenvalue weighted by Crippen LogP contribution is 2.39. The number of rotatable bonds is 4. The molecule has 1 aromatic carbocycles. The summed E-state index contributed by atoms with van der Waals surface area (Å²) in [4.78, 5) is 15.2. The van der Waals surface area contributed by atoms with E-state index in [1.165, 1.54) is 5.56 Å². The predicted octanol–water partition coefficient (Wildman–Crippen LogP) is 3.14. The first kappa shape index (κ1) is 16.3. The van der Waals surface area contributed by atoms with E-state index in [1.807, 2.05) is 9.58 Å². The number of carbonyl (C=O) groups excluding carboxylic acids is 1. The van der Waals surface area contributed by atoms with Gasteiger partial charge in [0.2, 0.25) is 0 Å². The zero-order valence-electron chi connectivity index (χ0n) is 15.0. The molecule has 1 aromatic heterocycles. The van der Waals surface area contributed by atoms with Crippen molar-refractivity contribution < 1.29 is 9.53 Å². The van der Waals surface area contributed by atoms with Gasteiger partial charge >= 0.3 is 0 Å². The monoisotopic (exact) mass is 339 g/mol. The molecule has 132 valence electrons. The molecule has 1 unspecified atom stereocenters. The second-order valence-corrected chi connectivity index (χ2v) is 7.24. The minimum atomic E-state index is -0.0630. The van der Waals surface area contributed by atoms with Crippen molar-refractivity contribution >= 4 is 5.91 Å². The van der Waals surface area contributed by atoms with E-state index < -0.39 is 0 Å². The summed E-state index contributed by atoms with van der Waals surface area (Å²) in [6.45, 7) is 6.46. The number of amides is 1. The number of ether oxygens (including phenoxy) is 1. The Balaban J connectivity index is 1.68. The van der Waals surface area contributed by atoms with Gasteiger partial charge in [0.1, 0.15) is 0 Å². The standard InChI is InChI=1S/C20H25N3O2/c1-3-4-18-17(13-21-23(18)16-7-5-15(2)6-8-16)19(24)22-11-9-20(22)10-12-25-14-20/h5-8,13H,3-4,9-12,14H2,1-2H3. The van der Waals surface area contributed by atoms with Gasteiger partial charge in [0.15, 0.2) is 0 Å². The first-order valence-corrected chi connectivity index (χ1v) is 9.18. The number of benzene rings is 1. The van der Waals surface area contributed by atoms with Crippen LogP contribution in [0.5, 0.6) is 0 Å². The summed E-state index contributed by atoms with van der Waals surface area (Å²) in [5, 5.41) is 4.55. The Morgan fingerprint density at radius 3 is 2.68 bits per heavy atom. The Morgan fingerprint density at radius 2 is 2.08 bits per heavy atom. The van der Waals surface area contributed by atoms with Crippen molar-refractivity contribution in [1.29, 1.82) is 0 Å². The van der Waals surface area contributed by atoms with Gasteiger partial charge in [-0.2, -0.15) is 5.10 Å². The SMILES string of the molecule is CCCc1c(C(=O)N2CCC23CCOC3)cnn1-c1ccc(C)cc1. The summed E-state index contributed by atoms with van der Waals surface area (Å²) in [6, 6.07) is 8.28. The summed E-state index contributed by atoms with van der Waals surface area (Å²) in [5.74, 6) is 0.110. The van der Waals surface area contributed by atoms with Gasteiger partial charge in [-0.3, -0.25) is 4.79 Å². The second kappa shape index (κ2) is 6.30. The molecule has 4 rings (SSSR count). The van der Waals surface area contributed by atoms with E-state index in [-0.39, 0.29) is 11.4 Å². The molecule has 0 aliphatic carbocycles. The lowest BCUT2D eigenvalue weighted by Crippen LogP contribution is -2.62. The number of likely N-dealkylation sites (tertiary alicyclic amines) is 1. The lowest BCUT2D eigenvalue weighted by Gasteiger charge is -2.49. The van der Waals surface area contributed by atoms with Crippen LogP contribution in [0.15, 0.2) is 30.5 Å². The molecule has 2 fully saturated rings. The minimum absolute atomic E-state index is 0.0630. The van der Waals surface area contributed by atoms with Crippen LogP contribution in [0.2, 0.25) is 0 Å². The van der Waals surface area contributed by atoms with Crippen LogP contribution in [0.4, 0.5) is 0 Å². The topological polar surface area (TPSA) is 47.4 Å². The number of carbonyl (C=O) groups is 1. The summed E-state index contributed by atoms with van der Waals surface area (Å²) in [6.07, 6.45) is 5.56. The third-order valence-corrected chi connectivity index (χ3v) is 5.57. The quantitative estimate of drug-likeness (QED) is 0.860. The molecule has 2 aliphatic rings. The van der Waals surface area contributed by atoms with Crippen LogP contribution in [0.3, 0.4) is 0 Å². The van der Waals surface area contributed by atoms with Crippen LogP contribution in [0, 0.1) is 6.92 Å². The van der Waals surface area contributed by atoms with Gasteiger partial charge in [-0.1, -0.05) is 31.0 Å². The molecule has 0 radical (unpaired) electrons. The number of aromatic nitrogens is 2. The Bertz CT molecular complexity index is 773. The third kappa shape index (κ3) is 2.67. The van der Waals surface area contributed by atoms with E-state index in [4.69, 9.17) is 4.74 Å². The maximum atomic E-state index is 13.2. The van der Waals surface area contributed by atoms with Crippen LogP contribution in [0.1, 0.15) is 47.8 Å². The zero-order chi connectivity index (χ0) is 17.4. The van der Waals surface area contributed by atoms with Crippen molar-refractivity contribution in [2.45, 2.75) is 45.1 Å². The van der Waals surface area contributed by atoms with E-state index in [9.17, 15) is 4.79 Å². The summed E-state index contributed by atoms with van der Waals surface area (Å²) in [5.41, 5.74) is 3.92. The molecule has 3 heterocycles. The molecular weight excluding hydrogens is 314 g/mol. The van der Waals surface area contributed by atoms with Gasteiger partial charge in [0.25, 0.3) is 5.91 Å². The van der Waals surface area contributed by atoms with E-state index in [0.717, 1.165) is 55.8 Å². The van der Waals surface area contributed by atoms with Crippen LogP contribution < -0.4 is 0 Å². The summed E-state index contributed by atoms with van der Waals surface area (Å²) >= 11 is 0. The van der Waals surface area contributed by atoms with Crippen LogP contribution in [0.25, 0.3) is 5.69 Å². The molecule has 2 aliphatic heterocycles. The predicted molar refractivity (Wildman–Crippen MR) is 96.1 cm³/mol. The van der Waals surface area contributed by atoms with Crippen molar-refractivity contribution in [1.82, 2.24) is 14.7 Å². The third-order valence-electron chi connectivity index (χ3n) is 5.57. The van der Waals surface area contributed by atoms with Crippen LogP contribution in [-0.2, 0) is 11.2 Å². The van der Waals surface area contributed by atoms with Gasteiger partial charge in [0.05, 0.1) is 35.3 Å². The molecule has 0 saturated carbocycles. The molecule has 2 saturated heterocycles. The molecule has 25 heavy (non-hydrogen) atoms. The number of nitrogens with zero attached hydrogens (tertiary/aromatic N) is 3. The van der Waals surface area contributed by atoms with Crippen molar-refractivity contribution in [3.63, 3.8) is 0 Å². The first-order valence-electron chi connectivity index (χ1n) is 9.18. The highest BCUT2D eigenvalue weighted by Gasteiger charge is 2.50. The van der Waals surface area contributed by atoms with Crippen LogP contribution in [-0.4, -0.2) is 45.9 Å². The Morgan fingerprint density at radius 1 is 1.28 bits per heavy atom. The average molecular weight is 339 g/mol. The molecule has 0 bridgehead atoms. The van der Waals surface area contributed by atoms with Gasteiger partial charge in [-0.25, -0.2) is 4.68 Å². The Hall–Kier alpha value is -2.14. The van der Waals surface area contributed by atoms with Crippen molar-refractivity contribution in [3.8, 4) is 5.69 Å². The molecule has 2 aromatic rings. The fourth-order valence-corrected chi connectivity index (χ4v) is 3.95. The maximum Gasteiger partial charge on any atom is 0.257 e. The molecular formula is C20H25N3O2. The van der Waals surface area contributed by atoms with Crippen molar-refractivity contribution in [2.24, 2.45) is 0 Å². The van der Waals surface area contributed by atoms with Gasteiger partial charge in [-0.05, 0) is 38.3 Å². The highest BCUT2D eigenvalue weighted by atomic mass is 16.5. The normalized spacial score (nSPS) is 22.4. The fraction of sp³-hybridized carbons (Fsp3) is 0.500. The van der Waals surface area contributed by atoms with Gasteiger partial charge in [-0.15, -0.1) is 0 Å². The molecule has 1 amide bonds. The minimum Gasteiger partial charge on any atom is -0.379 e. The highest BCUT2D eigenvalue weighted by molar-refractivity contribution is 5.96. The van der Waals surface area contributed by atoms with Crippen molar-refractivity contribution in [2.75, 3.05) is 19.8 Å². The second-order valence-electron chi connectivity index (χ2n) is 7.24. The van der Waals surface area contributed by atoms with E-state index in [0.29, 0.717) is 6.61 Å². The van der Waals surface area contributed by atoms with Crippen LogP contribution >= 0.6 is 0 Å². The molecule has 1 atom stereocenters. The summed E-state index contributed by atoms with van der Waals surface area (Å²) < 4.78 is 7.49. The fourth-order valence-electron chi connectivity index (χ4n) is 3.95. The lowest BCUT2D eigenvalue weighted by molar-refractivity contribution is -0.00803. The largest absolute Gasteiger partial charge is 0.379 e. The molecule has 5 nitrogen and oxygen atoms in total. The Kier molecular flexibility index (Phi) is 4.12. The Labute approximate surface area is 148 Å².